The van der Waals surface area contributed by atoms with Crippen molar-refractivity contribution in [2.24, 2.45) is 0 Å². The van der Waals surface area contributed by atoms with Gasteiger partial charge in [-0.15, -0.1) is 0 Å². The molecule has 124 valence electrons. The first-order valence-electron chi connectivity index (χ1n) is 8.38. The molecule has 1 aromatic carbocycles. The number of nitrogens with zero attached hydrogens (tertiary/aromatic N) is 2. The zero-order valence-corrected chi connectivity index (χ0v) is 13.5. The fraction of sp³-hybridized carbons (Fsp3) is 0.368. The fourth-order valence-electron chi connectivity index (χ4n) is 4.36. The summed E-state index contributed by atoms with van der Waals surface area (Å²) in [6, 6.07) is 11.8. The molecule has 1 aliphatic heterocycles. The van der Waals surface area contributed by atoms with Crippen molar-refractivity contribution in [3.05, 3.63) is 53.7 Å². The van der Waals surface area contributed by atoms with Crippen LogP contribution in [-0.2, 0) is 10.2 Å². The second-order valence-electron chi connectivity index (χ2n) is 6.90. The third-order valence-electron chi connectivity index (χ3n) is 5.61. The lowest BCUT2D eigenvalue weighted by atomic mass is 9.73. The largest absolute Gasteiger partial charge is 0.481 e. The predicted octanol–water partition coefficient (Wildman–Crippen LogP) is 2.77. The van der Waals surface area contributed by atoms with Gasteiger partial charge >= 0.3 is 5.97 Å². The van der Waals surface area contributed by atoms with E-state index in [-0.39, 0.29) is 11.3 Å². The zero-order valence-electron chi connectivity index (χ0n) is 13.5. The molecular weight excluding hydrogens is 302 g/mol. The SMILES string of the molecule is Nc1ccnc(N2CCC3(CC2)CC(C(=O)O)c2ccccc23)c1. The van der Waals surface area contributed by atoms with Gasteiger partial charge in [-0.1, -0.05) is 24.3 Å². The van der Waals surface area contributed by atoms with Gasteiger partial charge in [-0.25, -0.2) is 4.98 Å². The molecule has 2 heterocycles. The van der Waals surface area contributed by atoms with E-state index >= 15 is 0 Å². The Hall–Kier alpha value is -2.56. The van der Waals surface area contributed by atoms with Crippen LogP contribution in [0.3, 0.4) is 0 Å². The average Bonchev–Trinajstić information content (AvgIpc) is 2.91. The molecule has 1 spiro atoms. The molecule has 1 unspecified atom stereocenters. The molecule has 1 atom stereocenters. The Morgan fingerprint density at radius 3 is 2.71 bits per heavy atom. The van der Waals surface area contributed by atoms with Crippen LogP contribution in [0, 0.1) is 0 Å². The Morgan fingerprint density at radius 1 is 1.25 bits per heavy atom. The maximum absolute atomic E-state index is 11.7. The average molecular weight is 323 g/mol. The summed E-state index contributed by atoms with van der Waals surface area (Å²) < 4.78 is 0. The van der Waals surface area contributed by atoms with E-state index in [0.29, 0.717) is 6.42 Å². The third kappa shape index (κ3) is 2.31. The summed E-state index contributed by atoms with van der Waals surface area (Å²) >= 11 is 0. The van der Waals surface area contributed by atoms with Crippen LogP contribution in [0.5, 0.6) is 0 Å². The number of hydrogen-bond donors (Lipinski definition) is 2. The molecule has 1 fully saturated rings. The number of nitrogen functional groups attached to an aromatic ring is 1. The second kappa shape index (κ2) is 5.51. The Kier molecular flexibility index (Phi) is 3.44. The molecule has 5 heteroatoms. The number of carboxylic acid groups (broad SMARTS) is 1. The lowest BCUT2D eigenvalue weighted by Crippen LogP contribution is -2.42. The molecule has 0 amide bonds. The summed E-state index contributed by atoms with van der Waals surface area (Å²) in [4.78, 5) is 18.3. The molecular formula is C19H21N3O2. The second-order valence-corrected chi connectivity index (χ2v) is 6.90. The van der Waals surface area contributed by atoms with Gasteiger partial charge in [0, 0.05) is 36.5 Å². The first-order chi connectivity index (χ1) is 11.6. The summed E-state index contributed by atoms with van der Waals surface area (Å²) in [7, 11) is 0. The molecule has 3 N–H and O–H groups in total. The number of carboxylic acids is 1. The van der Waals surface area contributed by atoms with Crippen molar-refractivity contribution >= 4 is 17.5 Å². The van der Waals surface area contributed by atoms with Gasteiger partial charge in [-0.3, -0.25) is 4.79 Å². The molecule has 0 bridgehead atoms. The number of carbonyl (C=O) groups is 1. The lowest BCUT2D eigenvalue weighted by molar-refractivity contribution is -0.139. The molecule has 1 saturated heterocycles. The Morgan fingerprint density at radius 2 is 2.00 bits per heavy atom. The van der Waals surface area contributed by atoms with Crippen LogP contribution < -0.4 is 10.6 Å². The van der Waals surface area contributed by atoms with Crippen molar-refractivity contribution < 1.29 is 9.90 Å². The molecule has 24 heavy (non-hydrogen) atoms. The van der Waals surface area contributed by atoms with Crippen molar-refractivity contribution in [1.82, 2.24) is 4.98 Å². The van der Waals surface area contributed by atoms with Crippen molar-refractivity contribution in [3.8, 4) is 0 Å². The van der Waals surface area contributed by atoms with E-state index in [1.165, 1.54) is 5.56 Å². The van der Waals surface area contributed by atoms with Crippen molar-refractivity contribution in [2.75, 3.05) is 23.7 Å². The molecule has 0 radical (unpaired) electrons. The molecule has 1 aliphatic carbocycles. The maximum Gasteiger partial charge on any atom is 0.311 e. The van der Waals surface area contributed by atoms with Gasteiger partial charge in [0.1, 0.15) is 5.82 Å². The van der Waals surface area contributed by atoms with Gasteiger partial charge in [0.25, 0.3) is 0 Å². The summed E-state index contributed by atoms with van der Waals surface area (Å²) in [6.07, 6.45) is 4.34. The summed E-state index contributed by atoms with van der Waals surface area (Å²) in [6.45, 7) is 1.74. The van der Waals surface area contributed by atoms with Gasteiger partial charge in [0.2, 0.25) is 0 Å². The minimum atomic E-state index is -0.709. The summed E-state index contributed by atoms with van der Waals surface area (Å²) in [5.41, 5.74) is 8.80. The van der Waals surface area contributed by atoms with E-state index in [4.69, 9.17) is 5.73 Å². The quantitative estimate of drug-likeness (QED) is 0.888. The number of benzene rings is 1. The number of anilines is 2. The number of hydrogen-bond acceptors (Lipinski definition) is 4. The van der Waals surface area contributed by atoms with Gasteiger partial charge in [0.15, 0.2) is 0 Å². The van der Waals surface area contributed by atoms with Crippen LogP contribution in [-0.4, -0.2) is 29.1 Å². The highest BCUT2D eigenvalue weighted by molar-refractivity contribution is 5.79. The zero-order chi connectivity index (χ0) is 16.7. The Labute approximate surface area is 141 Å². The number of aliphatic carboxylic acids is 1. The molecule has 0 saturated carbocycles. The number of pyridine rings is 1. The monoisotopic (exact) mass is 323 g/mol. The molecule has 2 aromatic rings. The summed E-state index contributed by atoms with van der Waals surface area (Å²) in [5.74, 6) is -0.177. The van der Waals surface area contributed by atoms with E-state index in [9.17, 15) is 9.90 Å². The number of fused-ring (bicyclic) bond motifs is 2. The highest BCUT2D eigenvalue weighted by atomic mass is 16.4. The van der Waals surface area contributed by atoms with E-state index in [2.05, 4.69) is 16.0 Å². The Balaban J connectivity index is 1.60. The van der Waals surface area contributed by atoms with Gasteiger partial charge in [-0.05, 0) is 36.5 Å². The first kappa shape index (κ1) is 15.0. The van der Waals surface area contributed by atoms with Crippen molar-refractivity contribution in [2.45, 2.75) is 30.6 Å². The number of rotatable bonds is 2. The minimum absolute atomic E-state index is 0.0174. The topological polar surface area (TPSA) is 79.5 Å². The van der Waals surface area contributed by atoms with Crippen LogP contribution in [0.15, 0.2) is 42.6 Å². The smallest absolute Gasteiger partial charge is 0.311 e. The van der Waals surface area contributed by atoms with E-state index in [1.807, 2.05) is 24.3 Å². The standard InChI is InChI=1S/C19H21N3O2/c20-13-5-8-21-17(11-13)22-9-6-19(7-10-22)12-15(18(23)24)14-3-1-2-4-16(14)19/h1-5,8,11,15H,6-7,9-10,12H2,(H2,20,21)(H,23,24). The first-order valence-corrected chi connectivity index (χ1v) is 8.38. The van der Waals surface area contributed by atoms with Crippen LogP contribution in [0.4, 0.5) is 11.5 Å². The highest BCUT2D eigenvalue weighted by Gasteiger charge is 2.47. The molecule has 5 nitrogen and oxygen atoms in total. The molecule has 4 rings (SSSR count). The van der Waals surface area contributed by atoms with Crippen LogP contribution >= 0.6 is 0 Å². The van der Waals surface area contributed by atoms with E-state index in [0.717, 1.165) is 43.0 Å². The number of piperidine rings is 1. The van der Waals surface area contributed by atoms with E-state index in [1.54, 1.807) is 12.3 Å². The normalized spacial score (nSPS) is 21.7. The van der Waals surface area contributed by atoms with Gasteiger partial charge in [-0.2, -0.15) is 0 Å². The minimum Gasteiger partial charge on any atom is -0.481 e. The predicted molar refractivity (Wildman–Crippen MR) is 93.2 cm³/mol. The van der Waals surface area contributed by atoms with Gasteiger partial charge < -0.3 is 15.7 Å². The Bertz CT molecular complexity index is 782. The van der Waals surface area contributed by atoms with Crippen LogP contribution in [0.1, 0.15) is 36.3 Å². The highest BCUT2D eigenvalue weighted by Crippen LogP contribution is 2.51. The van der Waals surface area contributed by atoms with Crippen LogP contribution in [0.25, 0.3) is 0 Å². The van der Waals surface area contributed by atoms with Crippen molar-refractivity contribution in [3.63, 3.8) is 0 Å². The number of nitrogens with two attached hydrogens (primary N) is 1. The van der Waals surface area contributed by atoms with E-state index < -0.39 is 5.97 Å². The fourth-order valence-corrected chi connectivity index (χ4v) is 4.36. The number of aromatic nitrogens is 1. The van der Waals surface area contributed by atoms with Crippen molar-refractivity contribution in [1.29, 1.82) is 0 Å². The van der Waals surface area contributed by atoms with Gasteiger partial charge in [0.05, 0.1) is 5.92 Å². The maximum atomic E-state index is 11.7. The van der Waals surface area contributed by atoms with Crippen LogP contribution in [0.2, 0.25) is 0 Å². The molecule has 2 aliphatic rings. The summed E-state index contributed by atoms with van der Waals surface area (Å²) in [5, 5.41) is 9.60. The molecule has 1 aromatic heterocycles. The third-order valence-corrected chi connectivity index (χ3v) is 5.61. The lowest BCUT2D eigenvalue weighted by Gasteiger charge is -2.40.